The van der Waals surface area contributed by atoms with Gasteiger partial charge in [-0.2, -0.15) is 5.26 Å². The molecule has 0 aromatic carbocycles. The molecule has 2 saturated heterocycles. The number of urea groups is 1. The number of aromatic nitrogens is 2. The third kappa shape index (κ3) is 2.09. The van der Waals surface area contributed by atoms with Gasteiger partial charge >= 0.3 is 6.03 Å². The van der Waals surface area contributed by atoms with Crippen LogP contribution >= 0.6 is 0 Å². The molecule has 4 rings (SSSR count). The molecular formula is C17H18N6O2. The van der Waals surface area contributed by atoms with Crippen molar-refractivity contribution in [2.45, 2.75) is 25.8 Å². The standard InChI is InChI=1S/C17H18N6O2/c1-16(2)9-22(4-3-17(16)14(24)20-15(25)21-17)13-6-11(7-18)5-12-8-19-10-23(12)13/h5-6,8,10H,3-4,9H2,1-2H3,(H2,20,21,24,25). The first-order valence-electron chi connectivity index (χ1n) is 8.11. The molecule has 2 aliphatic heterocycles. The van der Waals surface area contributed by atoms with E-state index < -0.39 is 17.0 Å². The van der Waals surface area contributed by atoms with Gasteiger partial charge in [-0.05, 0) is 18.6 Å². The number of nitrogens with zero attached hydrogens (tertiary/aromatic N) is 4. The Morgan fingerprint density at radius 2 is 2.12 bits per heavy atom. The van der Waals surface area contributed by atoms with Crippen molar-refractivity contribution in [3.63, 3.8) is 0 Å². The fraction of sp³-hybridized carbons (Fsp3) is 0.412. The van der Waals surface area contributed by atoms with E-state index in [0.717, 1.165) is 11.3 Å². The Bertz CT molecular complexity index is 940. The lowest BCUT2D eigenvalue weighted by molar-refractivity contribution is -0.129. The number of carbonyl (C=O) groups is 2. The van der Waals surface area contributed by atoms with Gasteiger partial charge in [0.2, 0.25) is 0 Å². The summed E-state index contributed by atoms with van der Waals surface area (Å²) < 4.78 is 1.93. The molecule has 128 valence electrons. The number of rotatable bonds is 1. The van der Waals surface area contributed by atoms with Crippen molar-refractivity contribution in [2.24, 2.45) is 5.41 Å². The zero-order valence-electron chi connectivity index (χ0n) is 14.0. The molecule has 2 aromatic heterocycles. The van der Waals surface area contributed by atoms with E-state index in [-0.39, 0.29) is 5.91 Å². The molecule has 4 heterocycles. The fourth-order valence-corrected chi connectivity index (χ4v) is 3.99. The maximum absolute atomic E-state index is 12.4. The lowest BCUT2D eigenvalue weighted by atomic mass is 9.67. The maximum Gasteiger partial charge on any atom is 0.322 e. The third-order valence-electron chi connectivity index (χ3n) is 5.39. The second-order valence-electron chi connectivity index (χ2n) is 7.27. The lowest BCUT2D eigenvalue weighted by Gasteiger charge is -2.50. The summed E-state index contributed by atoms with van der Waals surface area (Å²) in [5.41, 5.74) is 0.0190. The Balaban J connectivity index is 1.74. The molecule has 2 fully saturated rings. The molecule has 8 heteroatoms. The summed E-state index contributed by atoms with van der Waals surface area (Å²) in [4.78, 5) is 30.4. The Morgan fingerprint density at radius 1 is 1.32 bits per heavy atom. The van der Waals surface area contributed by atoms with E-state index in [1.807, 2.05) is 24.3 Å². The average Bonchev–Trinajstić information content (AvgIpc) is 3.14. The molecule has 0 bridgehead atoms. The van der Waals surface area contributed by atoms with E-state index in [9.17, 15) is 14.9 Å². The van der Waals surface area contributed by atoms with E-state index in [0.29, 0.717) is 25.1 Å². The predicted octanol–water partition coefficient (Wildman–Crippen LogP) is 1.02. The minimum Gasteiger partial charge on any atom is -0.357 e. The summed E-state index contributed by atoms with van der Waals surface area (Å²) in [5.74, 6) is 0.597. The predicted molar refractivity (Wildman–Crippen MR) is 89.9 cm³/mol. The molecule has 8 nitrogen and oxygen atoms in total. The number of nitriles is 1. The number of fused-ring (bicyclic) bond motifs is 1. The number of imidazole rings is 1. The molecule has 2 aliphatic rings. The van der Waals surface area contributed by atoms with Crippen LogP contribution in [-0.4, -0.2) is 40.0 Å². The van der Waals surface area contributed by atoms with Crippen LogP contribution in [0.5, 0.6) is 0 Å². The number of nitrogens with one attached hydrogen (secondary N) is 2. The SMILES string of the molecule is CC1(C)CN(c2cc(C#N)cc3cncn23)CCC12NC(=O)NC2=O. The van der Waals surface area contributed by atoms with Crippen LogP contribution in [-0.2, 0) is 4.79 Å². The molecule has 0 aliphatic carbocycles. The average molecular weight is 338 g/mol. The Morgan fingerprint density at radius 3 is 2.76 bits per heavy atom. The number of anilines is 1. The second-order valence-corrected chi connectivity index (χ2v) is 7.27. The van der Waals surface area contributed by atoms with Crippen molar-refractivity contribution in [1.82, 2.24) is 20.0 Å². The minimum absolute atomic E-state index is 0.263. The van der Waals surface area contributed by atoms with Crippen LogP contribution in [0, 0.1) is 16.7 Å². The van der Waals surface area contributed by atoms with Crippen LogP contribution in [0.3, 0.4) is 0 Å². The van der Waals surface area contributed by atoms with Crippen LogP contribution in [0.25, 0.3) is 5.52 Å². The second kappa shape index (κ2) is 4.96. The van der Waals surface area contributed by atoms with Gasteiger partial charge in [0, 0.05) is 18.5 Å². The van der Waals surface area contributed by atoms with Crippen molar-refractivity contribution < 1.29 is 9.59 Å². The number of imide groups is 1. The van der Waals surface area contributed by atoms with Gasteiger partial charge in [-0.1, -0.05) is 13.8 Å². The van der Waals surface area contributed by atoms with Gasteiger partial charge < -0.3 is 10.2 Å². The Kier molecular flexibility index (Phi) is 3.06. The van der Waals surface area contributed by atoms with Crippen molar-refractivity contribution in [3.8, 4) is 6.07 Å². The van der Waals surface area contributed by atoms with E-state index in [1.54, 1.807) is 18.6 Å². The molecule has 1 spiro atoms. The third-order valence-corrected chi connectivity index (χ3v) is 5.39. The maximum atomic E-state index is 12.4. The van der Waals surface area contributed by atoms with Gasteiger partial charge in [-0.15, -0.1) is 0 Å². The van der Waals surface area contributed by atoms with Crippen LogP contribution in [0.1, 0.15) is 25.8 Å². The minimum atomic E-state index is -0.901. The number of hydrogen-bond acceptors (Lipinski definition) is 5. The first kappa shape index (κ1) is 15.4. The van der Waals surface area contributed by atoms with Crippen LogP contribution in [0.4, 0.5) is 10.6 Å². The number of piperidine rings is 1. The van der Waals surface area contributed by atoms with Gasteiger partial charge in [0.25, 0.3) is 5.91 Å². The van der Waals surface area contributed by atoms with E-state index in [1.165, 1.54) is 0 Å². The molecule has 0 saturated carbocycles. The number of carbonyl (C=O) groups excluding carboxylic acids is 2. The van der Waals surface area contributed by atoms with Crippen LogP contribution < -0.4 is 15.5 Å². The van der Waals surface area contributed by atoms with E-state index >= 15 is 0 Å². The highest BCUT2D eigenvalue weighted by molar-refractivity contribution is 6.07. The van der Waals surface area contributed by atoms with Crippen molar-refractivity contribution in [1.29, 1.82) is 5.26 Å². The highest BCUT2D eigenvalue weighted by Crippen LogP contribution is 2.42. The monoisotopic (exact) mass is 338 g/mol. The van der Waals surface area contributed by atoms with Crippen molar-refractivity contribution in [3.05, 3.63) is 30.2 Å². The quantitative estimate of drug-likeness (QED) is 0.756. The molecule has 25 heavy (non-hydrogen) atoms. The van der Waals surface area contributed by atoms with Gasteiger partial charge in [0.05, 0.1) is 23.3 Å². The summed E-state index contributed by atoms with van der Waals surface area (Å²) >= 11 is 0. The van der Waals surface area contributed by atoms with Gasteiger partial charge in [-0.25, -0.2) is 9.78 Å². The summed E-state index contributed by atoms with van der Waals surface area (Å²) in [6.45, 7) is 5.09. The molecule has 0 radical (unpaired) electrons. The molecule has 1 unspecified atom stereocenters. The summed E-state index contributed by atoms with van der Waals surface area (Å²) in [6, 6.07) is 5.37. The zero-order chi connectivity index (χ0) is 17.8. The number of hydrogen-bond donors (Lipinski definition) is 2. The lowest BCUT2D eigenvalue weighted by Crippen LogP contribution is -2.66. The van der Waals surface area contributed by atoms with Crippen molar-refractivity contribution in [2.75, 3.05) is 18.0 Å². The molecule has 2 aromatic rings. The molecular weight excluding hydrogens is 320 g/mol. The van der Waals surface area contributed by atoms with E-state index in [4.69, 9.17) is 0 Å². The van der Waals surface area contributed by atoms with Gasteiger partial charge in [-0.3, -0.25) is 14.5 Å². The van der Waals surface area contributed by atoms with E-state index in [2.05, 4.69) is 26.6 Å². The topological polar surface area (TPSA) is 103 Å². The summed E-state index contributed by atoms with van der Waals surface area (Å²) in [7, 11) is 0. The molecule has 2 N–H and O–H groups in total. The Hall–Kier alpha value is -3.08. The highest BCUT2D eigenvalue weighted by atomic mass is 16.2. The summed E-state index contributed by atoms with van der Waals surface area (Å²) in [5, 5.41) is 14.5. The normalized spacial score (nSPS) is 25.1. The smallest absolute Gasteiger partial charge is 0.322 e. The Labute approximate surface area is 144 Å². The fourth-order valence-electron chi connectivity index (χ4n) is 3.99. The zero-order valence-corrected chi connectivity index (χ0v) is 14.0. The first-order valence-corrected chi connectivity index (χ1v) is 8.11. The van der Waals surface area contributed by atoms with Gasteiger partial charge in [0.1, 0.15) is 17.7 Å². The van der Waals surface area contributed by atoms with Crippen LogP contribution in [0.15, 0.2) is 24.7 Å². The van der Waals surface area contributed by atoms with Crippen molar-refractivity contribution >= 4 is 23.3 Å². The molecule has 3 amide bonds. The van der Waals surface area contributed by atoms with Crippen LogP contribution in [0.2, 0.25) is 0 Å². The first-order chi connectivity index (χ1) is 11.9. The summed E-state index contributed by atoms with van der Waals surface area (Å²) in [6.07, 6.45) is 3.92. The van der Waals surface area contributed by atoms with Gasteiger partial charge in [0.15, 0.2) is 0 Å². The number of pyridine rings is 1. The largest absolute Gasteiger partial charge is 0.357 e. The number of amides is 3. The molecule has 1 atom stereocenters. The highest BCUT2D eigenvalue weighted by Gasteiger charge is 2.58.